The molecule has 6 rings (SSSR count). The van der Waals surface area contributed by atoms with E-state index in [0.717, 1.165) is 28.7 Å². The van der Waals surface area contributed by atoms with Crippen LogP contribution in [0, 0.1) is 6.92 Å². The highest BCUT2D eigenvalue weighted by molar-refractivity contribution is 7.89. The van der Waals surface area contributed by atoms with Crippen LogP contribution in [0.5, 0.6) is 0 Å². The number of para-hydroxylation sites is 1. The van der Waals surface area contributed by atoms with Crippen molar-refractivity contribution in [2.75, 3.05) is 47.8 Å². The van der Waals surface area contributed by atoms with E-state index in [-0.39, 0.29) is 16.8 Å². The lowest BCUT2D eigenvalue weighted by Crippen LogP contribution is -2.49. The maximum atomic E-state index is 13.7. The van der Waals surface area contributed by atoms with Crippen LogP contribution in [-0.2, 0) is 14.8 Å². The second-order valence-corrected chi connectivity index (χ2v) is 12.6. The molecule has 1 unspecified atom stereocenters. The van der Waals surface area contributed by atoms with Gasteiger partial charge in [-0.1, -0.05) is 48.5 Å². The molecule has 0 saturated carbocycles. The van der Waals surface area contributed by atoms with E-state index in [0.29, 0.717) is 56.3 Å². The van der Waals surface area contributed by atoms with Crippen LogP contribution < -0.4 is 15.1 Å². The zero-order chi connectivity index (χ0) is 28.6. The number of carbonyl (C=O) groups is 1. The van der Waals surface area contributed by atoms with Gasteiger partial charge in [-0.25, -0.2) is 13.4 Å². The Morgan fingerprint density at radius 3 is 2.34 bits per heavy atom. The number of nitrogens with zero attached hydrogens (tertiary/aromatic N) is 5. The number of benzene rings is 3. The van der Waals surface area contributed by atoms with Gasteiger partial charge in [-0.15, -0.1) is 0 Å². The largest absolute Gasteiger partial charge is 0.363 e. The number of aryl methyl sites for hydroxylation is 1. The lowest BCUT2D eigenvalue weighted by molar-refractivity contribution is -0.117. The van der Waals surface area contributed by atoms with Gasteiger partial charge in [0.15, 0.2) is 0 Å². The fraction of sp³-hybridized carbons (Fsp3) is 0.323. The number of anilines is 3. The highest BCUT2D eigenvalue weighted by Gasteiger charge is 2.32. The van der Waals surface area contributed by atoms with Crippen molar-refractivity contribution in [3.63, 3.8) is 0 Å². The van der Waals surface area contributed by atoms with Crippen LogP contribution in [0.25, 0.3) is 10.9 Å². The van der Waals surface area contributed by atoms with E-state index in [1.807, 2.05) is 53.4 Å². The van der Waals surface area contributed by atoms with Gasteiger partial charge in [0, 0.05) is 56.3 Å². The highest BCUT2D eigenvalue weighted by atomic mass is 32.2. The molecule has 10 heteroatoms. The molecule has 2 fully saturated rings. The lowest BCUT2D eigenvalue weighted by Gasteiger charge is -2.34. The molecule has 2 aliphatic heterocycles. The van der Waals surface area contributed by atoms with E-state index in [4.69, 9.17) is 9.97 Å². The molecule has 0 aliphatic carbocycles. The van der Waals surface area contributed by atoms with Gasteiger partial charge in [0.1, 0.15) is 5.82 Å². The molecule has 1 atom stereocenters. The molecular formula is C31H34N6O3S. The van der Waals surface area contributed by atoms with Crippen LogP contribution in [0.3, 0.4) is 0 Å². The average molecular weight is 571 g/mol. The van der Waals surface area contributed by atoms with E-state index in [1.54, 1.807) is 24.0 Å². The number of hydrogen-bond donors (Lipinski definition) is 1. The van der Waals surface area contributed by atoms with Gasteiger partial charge >= 0.3 is 0 Å². The normalized spacial score (nSPS) is 17.3. The Morgan fingerprint density at radius 1 is 0.878 bits per heavy atom. The van der Waals surface area contributed by atoms with Crippen molar-refractivity contribution < 1.29 is 13.2 Å². The zero-order valence-corrected chi connectivity index (χ0v) is 24.1. The Kier molecular flexibility index (Phi) is 7.35. The van der Waals surface area contributed by atoms with Crippen molar-refractivity contribution in [3.8, 4) is 0 Å². The van der Waals surface area contributed by atoms with Crippen molar-refractivity contribution in [1.29, 1.82) is 0 Å². The number of sulfonamides is 1. The molecule has 2 saturated heterocycles. The second kappa shape index (κ2) is 11.1. The van der Waals surface area contributed by atoms with Gasteiger partial charge in [-0.05, 0) is 55.7 Å². The van der Waals surface area contributed by atoms with Crippen LogP contribution in [0.4, 0.5) is 17.5 Å². The molecule has 1 aromatic heterocycles. The first-order valence-corrected chi connectivity index (χ1v) is 15.5. The smallest absolute Gasteiger partial charge is 0.243 e. The van der Waals surface area contributed by atoms with Gasteiger partial charge in [-0.2, -0.15) is 9.29 Å². The molecular weight excluding hydrogens is 536 g/mol. The zero-order valence-electron chi connectivity index (χ0n) is 23.3. The van der Waals surface area contributed by atoms with Crippen molar-refractivity contribution in [2.45, 2.75) is 37.6 Å². The minimum Gasteiger partial charge on any atom is -0.363 e. The summed E-state index contributed by atoms with van der Waals surface area (Å²) >= 11 is 0. The Balaban J connectivity index is 1.22. The van der Waals surface area contributed by atoms with Gasteiger partial charge in [0.2, 0.25) is 21.9 Å². The third kappa shape index (κ3) is 5.37. The molecule has 3 heterocycles. The molecule has 3 aromatic carbocycles. The number of fused-ring (bicyclic) bond motifs is 1. The monoisotopic (exact) mass is 570 g/mol. The fourth-order valence-corrected chi connectivity index (χ4v) is 7.24. The van der Waals surface area contributed by atoms with Gasteiger partial charge in [-0.3, -0.25) is 4.79 Å². The van der Waals surface area contributed by atoms with Crippen LogP contribution in [0.2, 0.25) is 0 Å². The number of aromatic nitrogens is 2. The molecule has 4 aromatic rings. The molecule has 1 amide bonds. The molecule has 2 aliphatic rings. The van der Waals surface area contributed by atoms with Crippen LogP contribution in [-0.4, -0.2) is 61.3 Å². The predicted octanol–water partition coefficient (Wildman–Crippen LogP) is 4.75. The van der Waals surface area contributed by atoms with E-state index in [9.17, 15) is 13.2 Å². The first-order chi connectivity index (χ1) is 19.8. The van der Waals surface area contributed by atoms with Crippen molar-refractivity contribution in [2.24, 2.45) is 0 Å². The van der Waals surface area contributed by atoms with Crippen LogP contribution in [0.1, 0.15) is 36.9 Å². The van der Waals surface area contributed by atoms with Crippen molar-refractivity contribution >= 4 is 44.3 Å². The summed E-state index contributed by atoms with van der Waals surface area (Å²) in [6.07, 6.45) is 1.28. The summed E-state index contributed by atoms with van der Waals surface area (Å²) in [6.45, 7) is 6.08. The summed E-state index contributed by atoms with van der Waals surface area (Å²) in [7, 11) is -3.74. The summed E-state index contributed by atoms with van der Waals surface area (Å²) in [5, 5.41) is 4.50. The van der Waals surface area contributed by atoms with Gasteiger partial charge < -0.3 is 15.1 Å². The van der Waals surface area contributed by atoms with Crippen LogP contribution >= 0.6 is 0 Å². The minimum atomic E-state index is -3.74. The number of piperazine rings is 1. The Hall–Kier alpha value is -4.02. The summed E-state index contributed by atoms with van der Waals surface area (Å²) < 4.78 is 29.0. The Labute approximate surface area is 240 Å². The molecule has 0 bridgehead atoms. The van der Waals surface area contributed by atoms with Gasteiger partial charge in [0.25, 0.3) is 0 Å². The Bertz CT molecular complexity index is 1690. The van der Waals surface area contributed by atoms with E-state index in [1.165, 1.54) is 4.31 Å². The molecule has 0 radical (unpaired) electrons. The van der Waals surface area contributed by atoms with E-state index < -0.39 is 10.0 Å². The summed E-state index contributed by atoms with van der Waals surface area (Å²) in [5.41, 5.74) is 3.30. The lowest BCUT2D eigenvalue weighted by atomic mass is 10.1. The highest BCUT2D eigenvalue weighted by Crippen LogP contribution is 2.31. The number of amides is 1. The van der Waals surface area contributed by atoms with Crippen molar-refractivity contribution in [3.05, 3.63) is 83.9 Å². The third-order valence-electron chi connectivity index (χ3n) is 7.94. The maximum Gasteiger partial charge on any atom is 0.243 e. The minimum absolute atomic E-state index is 0.0354. The average Bonchev–Trinajstić information content (AvgIpc) is 3.43. The molecule has 9 nitrogen and oxygen atoms in total. The SMILES string of the molecule is Cc1ccc(N2CCCC2=O)cc1S(=O)(=O)N1CCN(c2nc(NC(C)c3ccccc3)c3ccccc3n2)CC1. The number of nitrogens with one attached hydrogen (secondary N) is 1. The van der Waals surface area contributed by atoms with Gasteiger partial charge in [0.05, 0.1) is 10.4 Å². The topological polar surface area (TPSA) is 98.7 Å². The summed E-state index contributed by atoms with van der Waals surface area (Å²) in [6, 6.07) is 23.4. The maximum absolute atomic E-state index is 13.7. The summed E-state index contributed by atoms with van der Waals surface area (Å²) in [5.74, 6) is 1.36. The molecule has 1 N–H and O–H groups in total. The molecule has 41 heavy (non-hydrogen) atoms. The third-order valence-corrected chi connectivity index (χ3v) is 9.98. The number of carbonyl (C=O) groups excluding carboxylic acids is 1. The summed E-state index contributed by atoms with van der Waals surface area (Å²) in [4.78, 5) is 26.0. The van der Waals surface area contributed by atoms with Crippen molar-refractivity contribution in [1.82, 2.24) is 14.3 Å². The first kappa shape index (κ1) is 27.2. The predicted molar refractivity (Wildman–Crippen MR) is 162 cm³/mol. The fourth-order valence-electron chi connectivity index (χ4n) is 5.57. The van der Waals surface area contributed by atoms with E-state index >= 15 is 0 Å². The first-order valence-electron chi connectivity index (χ1n) is 14.1. The molecule has 0 spiro atoms. The van der Waals surface area contributed by atoms with Crippen LogP contribution in [0.15, 0.2) is 77.7 Å². The number of hydrogen-bond acceptors (Lipinski definition) is 7. The quantitative estimate of drug-likeness (QED) is 0.342. The number of rotatable bonds is 7. The second-order valence-electron chi connectivity index (χ2n) is 10.7. The van der Waals surface area contributed by atoms with E-state index in [2.05, 4.69) is 24.4 Å². The Morgan fingerprint density at radius 2 is 1.61 bits per heavy atom. The molecule has 212 valence electrons. The standard InChI is InChI=1S/C31H34N6O3S/c1-22-14-15-25(37-16-8-13-29(37)38)21-28(22)41(39,40)36-19-17-35(18-20-36)31-33-27-12-7-6-11-26(27)30(34-31)32-23(2)24-9-4-3-5-10-24/h3-7,9-12,14-15,21,23H,8,13,16-20H2,1-2H3,(H,32,33,34).